The van der Waals surface area contributed by atoms with E-state index >= 15 is 0 Å². The van der Waals surface area contributed by atoms with Gasteiger partial charge in [-0.05, 0) is 36.3 Å². The van der Waals surface area contributed by atoms with E-state index in [0.29, 0.717) is 29.0 Å². The second-order valence-electron chi connectivity index (χ2n) is 9.29. The van der Waals surface area contributed by atoms with Crippen molar-refractivity contribution in [1.82, 2.24) is 24.8 Å². The van der Waals surface area contributed by atoms with Crippen LogP contribution in [0.4, 0.5) is 38.3 Å². The number of anilines is 2. The third kappa shape index (κ3) is 3.45. The number of alkyl halides is 6. The van der Waals surface area contributed by atoms with Gasteiger partial charge in [0.25, 0.3) is 0 Å². The van der Waals surface area contributed by atoms with E-state index in [9.17, 15) is 26.3 Å². The Bertz CT molecular complexity index is 1290. The molecule has 1 N–H and O–H groups in total. The molecule has 2 aliphatic carbocycles. The average Bonchev–Trinajstić information content (AvgIpc) is 3.45. The van der Waals surface area contributed by atoms with E-state index < -0.39 is 36.1 Å². The maximum Gasteiger partial charge on any atom is 0.433 e. The molecule has 0 aromatic carbocycles. The first kappa shape index (κ1) is 22.2. The van der Waals surface area contributed by atoms with Crippen molar-refractivity contribution < 1.29 is 35.5 Å². The second-order valence-corrected chi connectivity index (χ2v) is 9.29. The predicted octanol–water partition coefficient (Wildman–Crippen LogP) is 3.71. The second kappa shape index (κ2) is 7.13. The standard InChI is InChI=1S/C20H19F6N7O2/c1-9-29-30-17(35-9)32-6-11-14(10-4-5-18(10,11)7-32)27-16-28-15-12(34-8-19(21,22)23)2-3-13(20(24,25)26)33(15)31-16/h2-3,10-11,14H,4-8H2,1H3,(H,27,31)/t10-,11-,14+,18?/m0/s1. The van der Waals surface area contributed by atoms with E-state index in [4.69, 9.17) is 9.15 Å². The van der Waals surface area contributed by atoms with Gasteiger partial charge in [-0.1, -0.05) is 5.10 Å². The highest BCUT2D eigenvalue weighted by molar-refractivity contribution is 5.58. The lowest BCUT2D eigenvalue weighted by molar-refractivity contribution is -0.153. The van der Waals surface area contributed by atoms with Crippen LogP contribution in [-0.4, -0.2) is 56.7 Å². The summed E-state index contributed by atoms with van der Waals surface area (Å²) in [5, 5.41) is 15.0. The summed E-state index contributed by atoms with van der Waals surface area (Å²) in [6.45, 7) is 1.40. The Labute approximate surface area is 193 Å². The molecule has 1 unspecified atom stereocenters. The normalized spacial score (nSPS) is 27.9. The van der Waals surface area contributed by atoms with Crippen molar-refractivity contribution in [3.8, 4) is 5.75 Å². The monoisotopic (exact) mass is 503 g/mol. The Balaban J connectivity index is 1.28. The van der Waals surface area contributed by atoms with Crippen LogP contribution in [0.25, 0.3) is 5.65 Å². The molecule has 0 radical (unpaired) electrons. The Kier molecular flexibility index (Phi) is 4.53. The first-order chi connectivity index (χ1) is 16.4. The largest absolute Gasteiger partial charge is 0.480 e. The van der Waals surface area contributed by atoms with Gasteiger partial charge in [0.05, 0.1) is 0 Å². The van der Waals surface area contributed by atoms with Crippen LogP contribution in [0.5, 0.6) is 5.75 Å². The molecule has 3 aliphatic rings. The molecule has 0 bridgehead atoms. The van der Waals surface area contributed by atoms with Crippen LogP contribution in [0, 0.1) is 24.2 Å². The van der Waals surface area contributed by atoms with Crippen molar-refractivity contribution >= 4 is 17.6 Å². The number of nitrogens with zero attached hydrogens (tertiary/aromatic N) is 6. The van der Waals surface area contributed by atoms with Crippen LogP contribution >= 0.6 is 0 Å². The van der Waals surface area contributed by atoms with E-state index in [0.717, 1.165) is 25.5 Å². The predicted molar refractivity (Wildman–Crippen MR) is 107 cm³/mol. The molecular weight excluding hydrogens is 484 g/mol. The van der Waals surface area contributed by atoms with Crippen LogP contribution in [0.1, 0.15) is 24.4 Å². The summed E-state index contributed by atoms with van der Waals surface area (Å²) >= 11 is 0. The van der Waals surface area contributed by atoms with Crippen LogP contribution in [0.2, 0.25) is 0 Å². The SMILES string of the molecule is Cc1nnc(N2C[C@H]3[C@H](Nc4nc5c(OCC(F)(F)F)ccc(C(F)(F)F)n5n4)[C@@H]4CCC43C2)o1. The zero-order valence-corrected chi connectivity index (χ0v) is 18.2. The minimum atomic E-state index is -4.79. The van der Waals surface area contributed by atoms with Gasteiger partial charge in [0.1, 0.15) is 5.69 Å². The topological polar surface area (TPSA) is 93.6 Å². The van der Waals surface area contributed by atoms with Gasteiger partial charge >= 0.3 is 18.4 Å². The van der Waals surface area contributed by atoms with Gasteiger partial charge in [-0.2, -0.15) is 31.3 Å². The Morgan fingerprint density at radius 1 is 1.17 bits per heavy atom. The van der Waals surface area contributed by atoms with Crippen molar-refractivity contribution in [3.63, 3.8) is 0 Å². The van der Waals surface area contributed by atoms with Gasteiger partial charge in [0, 0.05) is 32.0 Å². The number of hydrogen-bond acceptors (Lipinski definition) is 8. The molecule has 3 aromatic heterocycles. The first-order valence-electron chi connectivity index (χ1n) is 10.9. The number of pyridine rings is 1. The summed E-state index contributed by atoms with van der Waals surface area (Å²) in [4.78, 5) is 6.09. The number of fused-ring (bicyclic) bond motifs is 1. The maximum atomic E-state index is 13.5. The molecular formula is C20H19F6N7O2. The van der Waals surface area contributed by atoms with E-state index in [1.165, 1.54) is 0 Å². The molecule has 1 spiro atoms. The van der Waals surface area contributed by atoms with Crippen molar-refractivity contribution in [3.05, 3.63) is 23.7 Å². The Morgan fingerprint density at radius 3 is 2.60 bits per heavy atom. The molecule has 4 atom stereocenters. The van der Waals surface area contributed by atoms with Crippen LogP contribution in [-0.2, 0) is 6.18 Å². The number of aromatic nitrogens is 5. The summed E-state index contributed by atoms with van der Waals surface area (Å²) in [6, 6.07) is 1.77. The zero-order chi connectivity index (χ0) is 24.8. The van der Waals surface area contributed by atoms with E-state index in [1.807, 2.05) is 4.90 Å². The molecule has 6 rings (SSSR count). The van der Waals surface area contributed by atoms with Crippen LogP contribution < -0.4 is 15.0 Å². The molecule has 1 saturated heterocycles. The summed E-state index contributed by atoms with van der Waals surface area (Å²) in [7, 11) is 0. The zero-order valence-electron chi connectivity index (χ0n) is 18.2. The van der Waals surface area contributed by atoms with Crippen LogP contribution in [0.15, 0.2) is 16.5 Å². The molecule has 1 aliphatic heterocycles. The van der Waals surface area contributed by atoms with Gasteiger partial charge in [0.15, 0.2) is 18.0 Å². The maximum absolute atomic E-state index is 13.5. The molecule has 188 valence electrons. The summed E-state index contributed by atoms with van der Waals surface area (Å²) in [5.41, 5.74) is -1.56. The first-order valence-corrected chi connectivity index (χ1v) is 10.9. The molecule has 15 heteroatoms. The number of hydrogen-bond donors (Lipinski definition) is 1. The molecule has 35 heavy (non-hydrogen) atoms. The van der Waals surface area contributed by atoms with Gasteiger partial charge in [0.2, 0.25) is 11.8 Å². The molecule has 4 heterocycles. The minimum absolute atomic E-state index is 0.0529. The fourth-order valence-electron chi connectivity index (χ4n) is 5.86. The minimum Gasteiger partial charge on any atom is -0.480 e. The fraction of sp³-hybridized carbons (Fsp3) is 0.600. The highest BCUT2D eigenvalue weighted by Gasteiger charge is 2.70. The molecule has 3 aromatic rings. The van der Waals surface area contributed by atoms with Gasteiger partial charge in [-0.15, -0.1) is 10.2 Å². The lowest BCUT2D eigenvalue weighted by Gasteiger charge is -2.65. The third-order valence-corrected chi connectivity index (χ3v) is 7.38. The quantitative estimate of drug-likeness (QED) is 0.527. The van der Waals surface area contributed by atoms with Crippen molar-refractivity contribution in [2.24, 2.45) is 17.3 Å². The average molecular weight is 503 g/mol. The fourth-order valence-corrected chi connectivity index (χ4v) is 5.86. The molecule has 9 nitrogen and oxygen atoms in total. The third-order valence-electron chi connectivity index (χ3n) is 7.38. The lowest BCUT2D eigenvalue weighted by Crippen LogP contribution is -2.68. The Hall–Kier alpha value is -3.26. The lowest BCUT2D eigenvalue weighted by atomic mass is 9.41. The number of ether oxygens (including phenoxy) is 1. The van der Waals surface area contributed by atoms with Crippen molar-refractivity contribution in [2.75, 3.05) is 29.9 Å². The smallest absolute Gasteiger partial charge is 0.433 e. The number of aryl methyl sites for hydroxylation is 1. The van der Waals surface area contributed by atoms with Gasteiger partial charge in [-0.3, -0.25) is 0 Å². The van der Waals surface area contributed by atoms with E-state index in [-0.39, 0.29) is 29.2 Å². The van der Waals surface area contributed by atoms with Gasteiger partial charge in [-0.25, -0.2) is 4.52 Å². The summed E-state index contributed by atoms with van der Waals surface area (Å²) in [5.74, 6) is 0.325. The van der Waals surface area contributed by atoms with E-state index in [1.54, 1.807) is 6.92 Å². The summed E-state index contributed by atoms with van der Waals surface area (Å²) < 4.78 is 89.2. The van der Waals surface area contributed by atoms with E-state index in [2.05, 4.69) is 25.6 Å². The van der Waals surface area contributed by atoms with Crippen molar-refractivity contribution in [1.29, 1.82) is 0 Å². The number of rotatable bonds is 5. The molecule has 3 fully saturated rings. The van der Waals surface area contributed by atoms with Gasteiger partial charge < -0.3 is 19.4 Å². The van der Waals surface area contributed by atoms with Crippen molar-refractivity contribution in [2.45, 2.75) is 38.2 Å². The molecule has 0 amide bonds. The highest BCUT2D eigenvalue weighted by atomic mass is 19.4. The Morgan fingerprint density at radius 2 is 1.97 bits per heavy atom. The van der Waals surface area contributed by atoms with Crippen LogP contribution in [0.3, 0.4) is 0 Å². The number of nitrogens with one attached hydrogen (secondary N) is 1. The highest BCUT2D eigenvalue weighted by Crippen LogP contribution is 2.68. The molecule has 2 saturated carbocycles. The summed E-state index contributed by atoms with van der Waals surface area (Å²) in [6.07, 6.45) is -7.51. The number of halogens is 6.